The van der Waals surface area contributed by atoms with Crippen LogP contribution in [0.2, 0.25) is 0 Å². The first-order valence-corrected chi connectivity index (χ1v) is 7.03. The third kappa shape index (κ3) is 2.82. The number of H-pyrrole nitrogens is 1. The highest BCUT2D eigenvalue weighted by molar-refractivity contribution is 5.84. The molecular weight excluding hydrogens is 310 g/mol. The first-order chi connectivity index (χ1) is 11.6. The Hall–Kier alpha value is -3.61. The van der Waals surface area contributed by atoms with Gasteiger partial charge in [0.05, 0.1) is 5.69 Å². The van der Waals surface area contributed by atoms with Crippen LogP contribution in [0.4, 0.5) is 5.69 Å². The highest BCUT2D eigenvalue weighted by atomic mass is 16.3. The van der Waals surface area contributed by atoms with Crippen molar-refractivity contribution in [1.29, 1.82) is 0 Å². The molecule has 0 aliphatic rings. The van der Waals surface area contributed by atoms with Crippen molar-refractivity contribution in [2.24, 2.45) is 4.99 Å². The minimum absolute atomic E-state index is 0.0685. The average Bonchev–Trinajstić information content (AvgIpc) is 2.57. The Bertz CT molecular complexity index is 1020. The summed E-state index contributed by atoms with van der Waals surface area (Å²) in [5.74, 6) is -0.602. The van der Waals surface area contributed by atoms with E-state index in [4.69, 9.17) is 0 Å². The van der Waals surface area contributed by atoms with E-state index in [1.807, 2.05) is 0 Å². The zero-order chi connectivity index (χ0) is 17.1. The van der Waals surface area contributed by atoms with E-state index < -0.39 is 17.1 Å². The second kappa shape index (κ2) is 6.25. The van der Waals surface area contributed by atoms with Gasteiger partial charge in [-0.3, -0.25) is 14.8 Å². The lowest BCUT2D eigenvalue weighted by Crippen LogP contribution is -2.31. The number of aromatic hydroxyl groups is 2. The molecular formula is C17H13N3O4. The molecule has 1 heterocycles. The van der Waals surface area contributed by atoms with Gasteiger partial charge in [-0.15, -0.1) is 0 Å². The summed E-state index contributed by atoms with van der Waals surface area (Å²) in [6.07, 6.45) is 1.10. The zero-order valence-corrected chi connectivity index (χ0v) is 12.4. The minimum atomic E-state index is -0.774. The Kier molecular flexibility index (Phi) is 3.98. The van der Waals surface area contributed by atoms with Crippen LogP contribution in [0.1, 0.15) is 5.56 Å². The van der Waals surface area contributed by atoms with Crippen LogP contribution < -0.4 is 11.2 Å². The number of rotatable bonds is 3. The second-order valence-corrected chi connectivity index (χ2v) is 4.91. The van der Waals surface area contributed by atoms with Gasteiger partial charge in [-0.05, 0) is 24.3 Å². The molecule has 1 aromatic heterocycles. The Labute approximate surface area is 135 Å². The highest BCUT2D eigenvalue weighted by Gasteiger charge is 2.14. The van der Waals surface area contributed by atoms with Gasteiger partial charge in [0, 0.05) is 6.21 Å². The van der Waals surface area contributed by atoms with Crippen molar-refractivity contribution in [2.45, 2.75) is 0 Å². The van der Waals surface area contributed by atoms with Gasteiger partial charge in [-0.25, -0.2) is 9.36 Å². The zero-order valence-electron chi connectivity index (χ0n) is 12.4. The number of aromatic nitrogens is 2. The molecule has 120 valence electrons. The Morgan fingerprint density at radius 2 is 1.62 bits per heavy atom. The molecule has 0 bridgehead atoms. The van der Waals surface area contributed by atoms with Crippen LogP contribution in [-0.4, -0.2) is 26.0 Å². The third-order valence-corrected chi connectivity index (χ3v) is 3.35. The quantitative estimate of drug-likeness (QED) is 0.637. The van der Waals surface area contributed by atoms with E-state index in [2.05, 4.69) is 9.98 Å². The van der Waals surface area contributed by atoms with E-state index >= 15 is 0 Å². The largest absolute Gasteiger partial charge is 0.506 e. The van der Waals surface area contributed by atoms with E-state index in [0.717, 1.165) is 10.8 Å². The predicted octanol–water partition coefficient (Wildman–Crippen LogP) is 1.69. The number of hydrogen-bond donors (Lipinski definition) is 3. The number of phenols is 1. The van der Waals surface area contributed by atoms with Crippen LogP contribution in [0.15, 0.2) is 69.2 Å². The predicted molar refractivity (Wildman–Crippen MR) is 89.7 cm³/mol. The average molecular weight is 323 g/mol. The molecule has 3 rings (SSSR count). The third-order valence-electron chi connectivity index (χ3n) is 3.35. The van der Waals surface area contributed by atoms with Crippen molar-refractivity contribution in [3.63, 3.8) is 0 Å². The molecule has 0 unspecified atom stereocenters. The molecule has 0 amide bonds. The van der Waals surface area contributed by atoms with Crippen molar-refractivity contribution in [2.75, 3.05) is 0 Å². The number of para-hydroxylation sites is 3. The van der Waals surface area contributed by atoms with Gasteiger partial charge in [0.25, 0.3) is 5.56 Å². The Balaban J connectivity index is 2.15. The molecule has 24 heavy (non-hydrogen) atoms. The lowest BCUT2D eigenvalue weighted by molar-refractivity contribution is 0.430. The smallest absolute Gasteiger partial charge is 0.335 e. The summed E-state index contributed by atoms with van der Waals surface area (Å²) in [5.41, 5.74) is -1.10. The standard InChI is InChI=1S/C17H13N3O4/c21-14-9-5-4-8-13(14)18-10-12-15(22)19-17(24)20(16(12)23)11-6-2-1-3-7-11/h1-10,21,23H,(H,19,22,24). The van der Waals surface area contributed by atoms with Gasteiger partial charge < -0.3 is 10.2 Å². The van der Waals surface area contributed by atoms with Crippen LogP contribution >= 0.6 is 0 Å². The van der Waals surface area contributed by atoms with Crippen LogP contribution in [0, 0.1) is 0 Å². The van der Waals surface area contributed by atoms with Crippen molar-refractivity contribution in [3.05, 3.63) is 81.0 Å². The molecule has 0 aliphatic heterocycles. The molecule has 0 aliphatic carbocycles. The molecule has 7 nitrogen and oxygen atoms in total. The molecule has 3 aromatic rings. The maximum atomic E-state index is 12.0. The van der Waals surface area contributed by atoms with E-state index in [9.17, 15) is 19.8 Å². The number of aliphatic imine (C=N–C) groups is 1. The number of benzene rings is 2. The van der Waals surface area contributed by atoms with Crippen molar-refractivity contribution < 1.29 is 10.2 Å². The van der Waals surface area contributed by atoms with Crippen LogP contribution in [-0.2, 0) is 0 Å². The molecule has 3 N–H and O–H groups in total. The Morgan fingerprint density at radius 3 is 2.33 bits per heavy atom. The molecule has 2 aromatic carbocycles. The van der Waals surface area contributed by atoms with Gasteiger partial charge in [0.1, 0.15) is 17.0 Å². The van der Waals surface area contributed by atoms with Crippen LogP contribution in [0.5, 0.6) is 11.6 Å². The second-order valence-electron chi connectivity index (χ2n) is 4.91. The van der Waals surface area contributed by atoms with Gasteiger partial charge in [0.2, 0.25) is 5.88 Å². The first kappa shape index (κ1) is 15.3. The van der Waals surface area contributed by atoms with E-state index in [-0.39, 0.29) is 17.0 Å². The Morgan fingerprint density at radius 1 is 0.958 bits per heavy atom. The molecule has 0 saturated carbocycles. The summed E-state index contributed by atoms with van der Waals surface area (Å²) in [4.78, 5) is 30.1. The minimum Gasteiger partial charge on any atom is -0.506 e. The normalized spacial score (nSPS) is 11.0. The fourth-order valence-electron chi connectivity index (χ4n) is 2.18. The molecule has 7 heteroatoms. The van der Waals surface area contributed by atoms with Crippen molar-refractivity contribution >= 4 is 11.9 Å². The van der Waals surface area contributed by atoms with Crippen LogP contribution in [0.3, 0.4) is 0 Å². The molecule has 0 saturated heterocycles. The van der Waals surface area contributed by atoms with E-state index in [1.165, 1.54) is 6.07 Å². The highest BCUT2D eigenvalue weighted by Crippen LogP contribution is 2.25. The lowest BCUT2D eigenvalue weighted by atomic mass is 10.2. The van der Waals surface area contributed by atoms with E-state index in [1.54, 1.807) is 48.5 Å². The summed E-state index contributed by atoms with van der Waals surface area (Å²) in [6.45, 7) is 0. The number of nitrogens with one attached hydrogen (secondary N) is 1. The number of nitrogens with zero attached hydrogens (tertiary/aromatic N) is 2. The van der Waals surface area contributed by atoms with Gasteiger partial charge >= 0.3 is 5.69 Å². The lowest BCUT2D eigenvalue weighted by Gasteiger charge is -2.09. The van der Waals surface area contributed by atoms with Crippen molar-refractivity contribution in [1.82, 2.24) is 9.55 Å². The van der Waals surface area contributed by atoms with Gasteiger partial charge in [-0.2, -0.15) is 0 Å². The SMILES string of the molecule is O=c1[nH]c(=O)n(-c2ccccc2)c(O)c1C=Nc1ccccc1O. The maximum absolute atomic E-state index is 12.0. The summed E-state index contributed by atoms with van der Waals surface area (Å²) in [7, 11) is 0. The van der Waals surface area contributed by atoms with Crippen molar-refractivity contribution in [3.8, 4) is 17.3 Å². The fraction of sp³-hybridized carbons (Fsp3) is 0. The molecule has 0 fully saturated rings. The number of phenolic OH excluding ortho intramolecular Hbond substituents is 1. The summed E-state index contributed by atoms with van der Waals surface area (Å²) in [6, 6.07) is 14.7. The topological polar surface area (TPSA) is 108 Å². The molecule has 0 radical (unpaired) electrons. The fourth-order valence-corrected chi connectivity index (χ4v) is 2.18. The molecule has 0 spiro atoms. The molecule has 0 atom stereocenters. The summed E-state index contributed by atoms with van der Waals surface area (Å²) < 4.78 is 0.966. The maximum Gasteiger partial charge on any atom is 0.335 e. The summed E-state index contributed by atoms with van der Waals surface area (Å²) in [5, 5.41) is 20.0. The van der Waals surface area contributed by atoms with Gasteiger partial charge in [0.15, 0.2) is 0 Å². The van der Waals surface area contributed by atoms with E-state index in [0.29, 0.717) is 5.69 Å². The monoisotopic (exact) mass is 323 g/mol. The number of aromatic amines is 1. The summed E-state index contributed by atoms with van der Waals surface area (Å²) >= 11 is 0. The van der Waals surface area contributed by atoms with Crippen LogP contribution in [0.25, 0.3) is 5.69 Å². The first-order valence-electron chi connectivity index (χ1n) is 7.03. The number of hydrogen-bond acceptors (Lipinski definition) is 5. The van der Waals surface area contributed by atoms with Gasteiger partial charge in [-0.1, -0.05) is 30.3 Å².